The zero-order valence-electron chi connectivity index (χ0n) is 7.31. The highest BCUT2D eigenvalue weighted by atomic mass is 32.1. The maximum atomic E-state index is 5.70. The third-order valence-corrected chi connectivity index (χ3v) is 1.88. The minimum absolute atomic E-state index is 0.0985. The number of para-hydroxylation sites is 1. The molecule has 0 atom stereocenters. The van der Waals surface area contributed by atoms with Crippen LogP contribution in [0.4, 0.5) is 5.69 Å². The van der Waals surface area contributed by atoms with E-state index in [1.54, 1.807) is 0 Å². The molecule has 0 saturated heterocycles. The van der Waals surface area contributed by atoms with E-state index in [0.717, 1.165) is 5.69 Å². The highest BCUT2D eigenvalue weighted by molar-refractivity contribution is 7.82. The van der Waals surface area contributed by atoms with E-state index < -0.39 is 0 Å². The first-order valence-corrected chi connectivity index (χ1v) is 4.63. The fourth-order valence-electron chi connectivity index (χ4n) is 0.871. The second-order valence-corrected chi connectivity index (χ2v) is 3.33. The molecule has 74 valence electrons. The van der Waals surface area contributed by atoms with Crippen molar-refractivity contribution in [3.05, 3.63) is 30.3 Å². The summed E-state index contributed by atoms with van der Waals surface area (Å²) in [5, 5.41) is 4.25. The van der Waals surface area contributed by atoms with Crippen molar-refractivity contribution in [1.82, 2.24) is 5.32 Å². The summed E-state index contributed by atoms with van der Waals surface area (Å²) in [5.41, 5.74) is 6.02. The molecule has 0 unspecified atom stereocenters. The molecule has 0 fully saturated rings. The Balaban J connectivity index is 2.71. The van der Waals surface area contributed by atoms with Crippen molar-refractivity contribution in [2.75, 3.05) is 5.01 Å². The van der Waals surface area contributed by atoms with Crippen molar-refractivity contribution in [3.63, 3.8) is 0 Å². The third-order valence-electron chi connectivity index (χ3n) is 1.48. The van der Waals surface area contributed by atoms with Gasteiger partial charge in [-0.25, -0.2) is 5.84 Å². The summed E-state index contributed by atoms with van der Waals surface area (Å²) in [7, 11) is 0. The van der Waals surface area contributed by atoms with E-state index in [4.69, 9.17) is 23.8 Å². The summed E-state index contributed by atoms with van der Waals surface area (Å²) in [6, 6.07) is 9.26. The lowest BCUT2D eigenvalue weighted by atomic mass is 10.3. The summed E-state index contributed by atoms with van der Waals surface area (Å²) in [6.45, 7) is 0. The van der Waals surface area contributed by atoms with Gasteiger partial charge in [-0.3, -0.25) is 5.01 Å². The summed E-state index contributed by atoms with van der Waals surface area (Å²) in [4.78, 5) is 0. The maximum Gasteiger partial charge on any atom is 0.194 e. The van der Waals surface area contributed by atoms with E-state index in [1.165, 1.54) is 5.01 Å². The highest BCUT2D eigenvalue weighted by Gasteiger charge is 2.06. The Morgan fingerprint density at radius 2 is 1.79 bits per heavy atom. The zero-order valence-corrected chi connectivity index (χ0v) is 8.94. The van der Waals surface area contributed by atoms with E-state index in [1.807, 2.05) is 30.3 Å². The molecule has 0 bridgehead atoms. The van der Waals surface area contributed by atoms with Crippen molar-refractivity contribution in [2.24, 2.45) is 11.6 Å². The number of nitrogens with zero attached hydrogens (tertiary/aromatic N) is 1. The van der Waals surface area contributed by atoms with E-state index in [2.05, 4.69) is 17.5 Å². The molecule has 0 aliphatic rings. The Morgan fingerprint density at radius 3 is 2.29 bits per heavy atom. The molecule has 0 spiro atoms. The molecule has 4 nitrogen and oxygen atoms in total. The highest BCUT2D eigenvalue weighted by Crippen LogP contribution is 2.08. The standard InChI is InChI=1S/C8H10N4S2/c9-7(13)11-8(14)12(10)6-4-2-1-3-5-6/h1-5H,10H2,(H3,9,11,13,14). The number of thiocarbonyl (C=S) groups is 2. The largest absolute Gasteiger partial charge is 0.376 e. The van der Waals surface area contributed by atoms with Gasteiger partial charge in [-0.2, -0.15) is 0 Å². The normalized spacial score (nSPS) is 9.21. The molecular weight excluding hydrogens is 216 g/mol. The lowest BCUT2D eigenvalue weighted by Gasteiger charge is -2.19. The van der Waals surface area contributed by atoms with Gasteiger partial charge in [0.1, 0.15) is 0 Å². The zero-order chi connectivity index (χ0) is 10.6. The van der Waals surface area contributed by atoms with Crippen molar-refractivity contribution < 1.29 is 0 Å². The minimum Gasteiger partial charge on any atom is -0.376 e. The third kappa shape index (κ3) is 2.91. The molecule has 1 rings (SSSR count). The second-order valence-electron chi connectivity index (χ2n) is 2.50. The van der Waals surface area contributed by atoms with Crippen molar-refractivity contribution in [3.8, 4) is 0 Å². The van der Waals surface area contributed by atoms with Crippen LogP contribution in [0.1, 0.15) is 0 Å². The first kappa shape index (κ1) is 10.8. The van der Waals surface area contributed by atoms with Crippen molar-refractivity contribution in [1.29, 1.82) is 0 Å². The Labute approximate surface area is 92.8 Å². The van der Waals surface area contributed by atoms with Gasteiger partial charge >= 0.3 is 0 Å². The van der Waals surface area contributed by atoms with Gasteiger partial charge in [-0.15, -0.1) is 0 Å². The fraction of sp³-hybridized carbons (Fsp3) is 0. The van der Waals surface area contributed by atoms with E-state index in [0.29, 0.717) is 0 Å². The van der Waals surface area contributed by atoms with Crippen LogP contribution < -0.4 is 21.9 Å². The number of benzene rings is 1. The van der Waals surface area contributed by atoms with Crippen LogP contribution in [0.5, 0.6) is 0 Å². The van der Waals surface area contributed by atoms with Gasteiger partial charge in [-0.05, 0) is 36.6 Å². The molecule has 0 heterocycles. The number of nitrogens with one attached hydrogen (secondary N) is 1. The van der Waals surface area contributed by atoms with Gasteiger partial charge in [0, 0.05) is 0 Å². The predicted molar refractivity (Wildman–Crippen MR) is 65.6 cm³/mol. The van der Waals surface area contributed by atoms with Crippen LogP contribution in [0.15, 0.2) is 30.3 Å². The lowest BCUT2D eigenvalue weighted by Crippen LogP contribution is -2.48. The molecule has 0 aliphatic heterocycles. The van der Waals surface area contributed by atoms with E-state index >= 15 is 0 Å². The quantitative estimate of drug-likeness (QED) is 0.368. The van der Waals surface area contributed by atoms with Gasteiger partial charge < -0.3 is 11.1 Å². The predicted octanol–water partition coefficient (Wildman–Crippen LogP) is 0.485. The number of hydrogen-bond donors (Lipinski definition) is 3. The summed E-state index contributed by atoms with van der Waals surface area (Å²) >= 11 is 9.60. The average molecular weight is 226 g/mol. The minimum atomic E-state index is 0.0985. The first-order valence-electron chi connectivity index (χ1n) is 3.81. The molecule has 0 radical (unpaired) electrons. The van der Waals surface area contributed by atoms with Crippen LogP contribution in [0.25, 0.3) is 0 Å². The van der Waals surface area contributed by atoms with Gasteiger partial charge in [0.05, 0.1) is 5.69 Å². The monoisotopic (exact) mass is 226 g/mol. The van der Waals surface area contributed by atoms with Gasteiger partial charge in [0.25, 0.3) is 0 Å². The van der Waals surface area contributed by atoms with Crippen molar-refractivity contribution in [2.45, 2.75) is 0 Å². The Hall–Kier alpha value is -1.24. The number of hydrazine groups is 1. The van der Waals surface area contributed by atoms with Gasteiger partial charge in [0.2, 0.25) is 0 Å². The molecule has 1 aromatic rings. The Morgan fingerprint density at radius 1 is 1.21 bits per heavy atom. The summed E-state index contributed by atoms with van der Waals surface area (Å²) < 4.78 is 0. The summed E-state index contributed by atoms with van der Waals surface area (Å²) in [5.74, 6) is 5.70. The van der Waals surface area contributed by atoms with Crippen LogP contribution >= 0.6 is 24.4 Å². The Bertz CT molecular complexity index is 338. The van der Waals surface area contributed by atoms with Crippen LogP contribution in [-0.4, -0.2) is 10.2 Å². The van der Waals surface area contributed by atoms with Gasteiger partial charge in [0.15, 0.2) is 10.2 Å². The van der Waals surface area contributed by atoms with Crippen LogP contribution in [0.3, 0.4) is 0 Å². The van der Waals surface area contributed by atoms with Gasteiger partial charge in [-0.1, -0.05) is 18.2 Å². The first-order chi connectivity index (χ1) is 6.61. The topological polar surface area (TPSA) is 67.3 Å². The molecule has 0 amide bonds. The van der Waals surface area contributed by atoms with Crippen LogP contribution in [0, 0.1) is 0 Å². The molecule has 0 aliphatic carbocycles. The number of nitrogens with two attached hydrogens (primary N) is 2. The molecule has 14 heavy (non-hydrogen) atoms. The van der Waals surface area contributed by atoms with E-state index in [9.17, 15) is 0 Å². The molecule has 0 saturated carbocycles. The molecule has 1 aromatic carbocycles. The van der Waals surface area contributed by atoms with Crippen LogP contribution in [-0.2, 0) is 0 Å². The SMILES string of the molecule is NC(=S)NC(=S)N(N)c1ccccc1. The fourth-order valence-corrected chi connectivity index (χ4v) is 1.25. The number of rotatable bonds is 1. The summed E-state index contributed by atoms with van der Waals surface area (Å²) in [6.07, 6.45) is 0. The number of hydrogen-bond acceptors (Lipinski definition) is 3. The molecule has 0 aromatic heterocycles. The lowest BCUT2D eigenvalue weighted by molar-refractivity contribution is 1.10. The molecular formula is C8H10N4S2. The average Bonchev–Trinajstić information content (AvgIpc) is 2.17. The smallest absolute Gasteiger partial charge is 0.194 e. The maximum absolute atomic E-state index is 5.70. The van der Waals surface area contributed by atoms with Crippen LogP contribution in [0.2, 0.25) is 0 Å². The number of anilines is 1. The Kier molecular flexibility index (Phi) is 3.75. The van der Waals surface area contributed by atoms with E-state index in [-0.39, 0.29) is 10.2 Å². The second kappa shape index (κ2) is 4.85. The molecule has 5 N–H and O–H groups in total. The van der Waals surface area contributed by atoms with Crippen molar-refractivity contribution >= 4 is 40.3 Å². The molecule has 6 heteroatoms.